The summed E-state index contributed by atoms with van der Waals surface area (Å²) in [5.41, 5.74) is 0. The van der Waals surface area contributed by atoms with Gasteiger partial charge in [0.05, 0.1) is 25.3 Å². The fourth-order valence-corrected chi connectivity index (χ4v) is 1.70. The van der Waals surface area contributed by atoms with Crippen molar-refractivity contribution in [3.8, 4) is 5.75 Å². The van der Waals surface area contributed by atoms with Crippen molar-refractivity contribution in [3.05, 3.63) is 54.5 Å². The summed E-state index contributed by atoms with van der Waals surface area (Å²) >= 11 is 0. The summed E-state index contributed by atoms with van der Waals surface area (Å²) in [4.78, 5) is 11.7. The maximum Gasteiger partial charge on any atom is 0.224 e. The summed E-state index contributed by atoms with van der Waals surface area (Å²) in [5.74, 6) is 1.46. The van der Waals surface area contributed by atoms with Gasteiger partial charge in [-0.05, 0) is 31.2 Å². The third kappa shape index (κ3) is 4.17. The molecule has 0 spiro atoms. The van der Waals surface area contributed by atoms with Crippen molar-refractivity contribution in [1.82, 2.24) is 5.32 Å². The van der Waals surface area contributed by atoms with Crippen molar-refractivity contribution >= 4 is 5.91 Å². The first-order valence-electron chi connectivity index (χ1n) is 6.26. The molecular weight excluding hydrogens is 242 g/mol. The van der Waals surface area contributed by atoms with E-state index in [0.717, 1.165) is 11.5 Å². The van der Waals surface area contributed by atoms with Crippen LogP contribution in [-0.4, -0.2) is 12.5 Å². The lowest BCUT2D eigenvalue weighted by atomic mass is 10.2. The number of carbonyl (C=O) groups excluding carboxylic acids is 1. The summed E-state index contributed by atoms with van der Waals surface area (Å²) in [7, 11) is 0. The van der Waals surface area contributed by atoms with Crippen LogP contribution in [0, 0.1) is 0 Å². The lowest BCUT2D eigenvalue weighted by molar-refractivity contribution is -0.122. The molecule has 0 bridgehead atoms. The zero-order valence-electron chi connectivity index (χ0n) is 10.8. The van der Waals surface area contributed by atoms with Crippen LogP contribution in [0.2, 0.25) is 0 Å². The van der Waals surface area contributed by atoms with Gasteiger partial charge in [-0.15, -0.1) is 0 Å². The molecule has 19 heavy (non-hydrogen) atoms. The van der Waals surface area contributed by atoms with Gasteiger partial charge in [-0.1, -0.05) is 18.2 Å². The molecule has 4 heteroatoms. The summed E-state index contributed by atoms with van der Waals surface area (Å²) in [5, 5.41) is 2.86. The van der Waals surface area contributed by atoms with Crippen molar-refractivity contribution in [2.75, 3.05) is 6.61 Å². The predicted molar refractivity (Wildman–Crippen MR) is 71.8 cm³/mol. The van der Waals surface area contributed by atoms with Crippen LogP contribution in [0.1, 0.15) is 25.1 Å². The maximum absolute atomic E-state index is 11.7. The van der Waals surface area contributed by atoms with Gasteiger partial charge >= 0.3 is 0 Å². The molecule has 2 rings (SSSR count). The highest BCUT2D eigenvalue weighted by molar-refractivity contribution is 5.76. The molecule has 1 amide bonds. The first kappa shape index (κ1) is 13.2. The average Bonchev–Trinajstić information content (AvgIpc) is 2.94. The number of amides is 1. The number of carbonyl (C=O) groups is 1. The second-order valence-electron chi connectivity index (χ2n) is 4.22. The zero-order chi connectivity index (χ0) is 13.5. The first-order chi connectivity index (χ1) is 9.25. The van der Waals surface area contributed by atoms with Gasteiger partial charge in [-0.2, -0.15) is 0 Å². The Morgan fingerprint density at radius 2 is 2.05 bits per heavy atom. The van der Waals surface area contributed by atoms with Crippen LogP contribution in [0.15, 0.2) is 53.1 Å². The van der Waals surface area contributed by atoms with Crippen LogP contribution in [0.3, 0.4) is 0 Å². The van der Waals surface area contributed by atoms with E-state index in [-0.39, 0.29) is 11.9 Å². The molecule has 1 N–H and O–H groups in total. The minimum absolute atomic E-state index is 0.0557. The van der Waals surface area contributed by atoms with Gasteiger partial charge in [0.1, 0.15) is 11.5 Å². The highest BCUT2D eigenvalue weighted by Gasteiger charge is 2.11. The van der Waals surface area contributed by atoms with E-state index in [1.165, 1.54) is 0 Å². The van der Waals surface area contributed by atoms with E-state index in [9.17, 15) is 4.79 Å². The SMILES string of the molecule is CC(NC(=O)CCOc1ccccc1)c1ccco1. The van der Waals surface area contributed by atoms with Crippen molar-refractivity contribution < 1.29 is 13.9 Å². The number of furan rings is 1. The highest BCUT2D eigenvalue weighted by Crippen LogP contribution is 2.12. The van der Waals surface area contributed by atoms with Crippen molar-refractivity contribution in [1.29, 1.82) is 0 Å². The normalized spacial score (nSPS) is 11.8. The monoisotopic (exact) mass is 259 g/mol. The van der Waals surface area contributed by atoms with Crippen LogP contribution in [-0.2, 0) is 4.79 Å². The molecule has 0 aliphatic rings. The zero-order valence-corrected chi connectivity index (χ0v) is 10.8. The third-order valence-electron chi connectivity index (χ3n) is 2.69. The smallest absolute Gasteiger partial charge is 0.224 e. The minimum atomic E-state index is -0.126. The molecule has 1 aromatic carbocycles. The number of hydrogen-bond donors (Lipinski definition) is 1. The largest absolute Gasteiger partial charge is 0.493 e. The highest BCUT2D eigenvalue weighted by atomic mass is 16.5. The van der Waals surface area contributed by atoms with E-state index >= 15 is 0 Å². The average molecular weight is 259 g/mol. The minimum Gasteiger partial charge on any atom is -0.493 e. The Morgan fingerprint density at radius 3 is 2.74 bits per heavy atom. The molecule has 1 heterocycles. The Morgan fingerprint density at radius 1 is 1.26 bits per heavy atom. The van der Waals surface area contributed by atoms with Gasteiger partial charge in [0.2, 0.25) is 5.91 Å². The van der Waals surface area contributed by atoms with Gasteiger partial charge in [0.25, 0.3) is 0 Å². The molecule has 4 nitrogen and oxygen atoms in total. The molecule has 0 saturated heterocycles. The molecular formula is C15H17NO3. The van der Waals surface area contributed by atoms with Crippen LogP contribution in [0.25, 0.3) is 0 Å². The van der Waals surface area contributed by atoms with E-state index in [1.54, 1.807) is 12.3 Å². The second-order valence-corrected chi connectivity index (χ2v) is 4.22. The van der Waals surface area contributed by atoms with Crippen molar-refractivity contribution in [2.24, 2.45) is 0 Å². The van der Waals surface area contributed by atoms with Gasteiger partial charge in [0.15, 0.2) is 0 Å². The Hall–Kier alpha value is -2.23. The van der Waals surface area contributed by atoms with E-state index in [4.69, 9.17) is 9.15 Å². The predicted octanol–water partition coefficient (Wildman–Crippen LogP) is 2.93. The lowest BCUT2D eigenvalue weighted by Crippen LogP contribution is -2.27. The molecule has 0 fully saturated rings. The third-order valence-corrected chi connectivity index (χ3v) is 2.69. The van der Waals surface area contributed by atoms with Crippen LogP contribution >= 0.6 is 0 Å². The first-order valence-corrected chi connectivity index (χ1v) is 6.26. The fourth-order valence-electron chi connectivity index (χ4n) is 1.70. The second kappa shape index (κ2) is 6.64. The number of rotatable bonds is 6. The summed E-state index contributed by atoms with van der Waals surface area (Å²) in [6.07, 6.45) is 1.91. The summed E-state index contributed by atoms with van der Waals surface area (Å²) in [6, 6.07) is 13.0. The number of nitrogens with one attached hydrogen (secondary N) is 1. The number of hydrogen-bond acceptors (Lipinski definition) is 3. The molecule has 2 aromatic rings. The molecule has 1 atom stereocenters. The van der Waals surface area contributed by atoms with E-state index in [0.29, 0.717) is 13.0 Å². The molecule has 0 aliphatic heterocycles. The fraction of sp³-hybridized carbons (Fsp3) is 0.267. The lowest BCUT2D eigenvalue weighted by Gasteiger charge is -2.11. The standard InChI is InChI=1S/C15H17NO3/c1-12(14-8-5-10-19-14)16-15(17)9-11-18-13-6-3-2-4-7-13/h2-8,10,12H,9,11H2,1H3,(H,16,17). The quantitative estimate of drug-likeness (QED) is 0.867. The van der Waals surface area contributed by atoms with Crippen molar-refractivity contribution in [2.45, 2.75) is 19.4 Å². The van der Waals surface area contributed by atoms with Crippen LogP contribution < -0.4 is 10.1 Å². The molecule has 100 valence electrons. The Labute approximate surface area is 112 Å². The van der Waals surface area contributed by atoms with Crippen LogP contribution in [0.5, 0.6) is 5.75 Å². The number of ether oxygens (including phenoxy) is 1. The molecule has 1 aromatic heterocycles. The van der Waals surface area contributed by atoms with Crippen molar-refractivity contribution in [3.63, 3.8) is 0 Å². The summed E-state index contributed by atoms with van der Waals surface area (Å²) < 4.78 is 10.7. The molecule has 0 saturated carbocycles. The van der Waals surface area contributed by atoms with E-state index in [2.05, 4.69) is 5.32 Å². The van der Waals surface area contributed by atoms with E-state index < -0.39 is 0 Å². The molecule has 0 radical (unpaired) electrons. The molecule has 0 aliphatic carbocycles. The van der Waals surface area contributed by atoms with Gasteiger partial charge < -0.3 is 14.5 Å². The summed E-state index contributed by atoms with van der Waals surface area (Å²) in [6.45, 7) is 2.25. The number of benzene rings is 1. The Balaban J connectivity index is 1.70. The Kier molecular flexibility index (Phi) is 4.61. The van der Waals surface area contributed by atoms with Gasteiger partial charge in [-0.3, -0.25) is 4.79 Å². The topological polar surface area (TPSA) is 51.5 Å². The maximum atomic E-state index is 11.7. The van der Waals surface area contributed by atoms with Crippen LogP contribution in [0.4, 0.5) is 0 Å². The number of para-hydroxylation sites is 1. The molecule has 1 unspecified atom stereocenters. The Bertz CT molecular complexity index is 493. The van der Waals surface area contributed by atoms with E-state index in [1.807, 2.05) is 43.3 Å². The van der Waals surface area contributed by atoms with Gasteiger partial charge in [0, 0.05) is 0 Å². The van der Waals surface area contributed by atoms with Gasteiger partial charge in [-0.25, -0.2) is 0 Å².